The highest BCUT2D eigenvalue weighted by molar-refractivity contribution is 7.80. The number of nitrogens with zero attached hydrogens (tertiary/aromatic N) is 6. The molecule has 0 aliphatic heterocycles. The van der Waals surface area contributed by atoms with Crippen LogP contribution in [0.3, 0.4) is 0 Å². The smallest absolute Gasteiger partial charge is 0.250 e. The summed E-state index contributed by atoms with van der Waals surface area (Å²) < 4.78 is 16.1. The van der Waals surface area contributed by atoms with E-state index >= 15 is 0 Å². The zero-order valence-electron chi connectivity index (χ0n) is 17.4. The molecule has 160 valence electrons. The summed E-state index contributed by atoms with van der Waals surface area (Å²) in [5.74, 6) is -0.731. The SMILES string of the molecule is CNC(=S)c1ccc(-c2cnc3ncc(C(C#N)c4ccc5ncccc5c4)n3n2)cc1F. The Balaban J connectivity index is 1.58. The van der Waals surface area contributed by atoms with Crippen molar-refractivity contribution in [1.29, 1.82) is 5.26 Å². The van der Waals surface area contributed by atoms with Crippen molar-refractivity contribution in [3.8, 4) is 17.3 Å². The molecule has 3 heterocycles. The van der Waals surface area contributed by atoms with Gasteiger partial charge in [-0.3, -0.25) is 4.98 Å². The van der Waals surface area contributed by atoms with E-state index in [4.69, 9.17) is 12.2 Å². The number of aromatic nitrogens is 5. The van der Waals surface area contributed by atoms with Crippen LogP contribution in [-0.4, -0.2) is 36.6 Å². The number of hydrogen-bond acceptors (Lipinski definition) is 6. The summed E-state index contributed by atoms with van der Waals surface area (Å²) in [6.45, 7) is 0. The van der Waals surface area contributed by atoms with Gasteiger partial charge in [-0.1, -0.05) is 30.4 Å². The van der Waals surface area contributed by atoms with Gasteiger partial charge in [0.2, 0.25) is 0 Å². The number of rotatable bonds is 4. The summed E-state index contributed by atoms with van der Waals surface area (Å²) in [6, 6.07) is 16.5. The Morgan fingerprint density at radius 1 is 1.12 bits per heavy atom. The van der Waals surface area contributed by atoms with E-state index in [2.05, 4.69) is 31.4 Å². The molecule has 0 aliphatic rings. The number of halogens is 1. The van der Waals surface area contributed by atoms with Gasteiger partial charge in [-0.05, 0) is 35.9 Å². The Morgan fingerprint density at radius 2 is 1.97 bits per heavy atom. The van der Waals surface area contributed by atoms with E-state index in [9.17, 15) is 9.65 Å². The summed E-state index contributed by atoms with van der Waals surface area (Å²) in [5, 5.41) is 18.3. The van der Waals surface area contributed by atoms with E-state index in [0.29, 0.717) is 33.3 Å². The van der Waals surface area contributed by atoms with Gasteiger partial charge in [-0.15, -0.1) is 0 Å². The van der Waals surface area contributed by atoms with E-state index < -0.39 is 11.7 Å². The second kappa shape index (κ2) is 8.33. The van der Waals surface area contributed by atoms with Crippen LogP contribution in [0.15, 0.2) is 67.1 Å². The van der Waals surface area contributed by atoms with Crippen molar-refractivity contribution in [2.75, 3.05) is 7.05 Å². The fourth-order valence-corrected chi connectivity index (χ4v) is 3.86. The van der Waals surface area contributed by atoms with Gasteiger partial charge < -0.3 is 5.32 Å². The molecule has 2 aromatic carbocycles. The van der Waals surface area contributed by atoms with Crippen LogP contribution >= 0.6 is 12.2 Å². The first kappa shape index (κ1) is 20.6. The molecule has 1 unspecified atom stereocenters. The number of hydrogen-bond donors (Lipinski definition) is 1. The molecule has 1 N–H and O–H groups in total. The minimum absolute atomic E-state index is 0.309. The summed E-state index contributed by atoms with van der Waals surface area (Å²) in [5.41, 5.74) is 3.50. The Hall–Kier alpha value is -4.29. The normalized spacial score (nSPS) is 11.9. The van der Waals surface area contributed by atoms with E-state index in [1.807, 2.05) is 30.3 Å². The zero-order chi connectivity index (χ0) is 22.9. The van der Waals surface area contributed by atoms with Crippen molar-refractivity contribution >= 4 is 33.9 Å². The fourth-order valence-electron chi connectivity index (χ4n) is 3.70. The largest absolute Gasteiger partial charge is 0.379 e. The van der Waals surface area contributed by atoms with Crippen LogP contribution in [0.5, 0.6) is 0 Å². The molecule has 0 spiro atoms. The number of fused-ring (bicyclic) bond motifs is 2. The highest BCUT2D eigenvalue weighted by Crippen LogP contribution is 2.27. The number of benzene rings is 2. The molecule has 0 bridgehead atoms. The van der Waals surface area contributed by atoms with Gasteiger partial charge in [0.1, 0.15) is 22.4 Å². The standard InChI is InChI=1S/C24H16FN7S/c1-27-23(33)17-6-4-16(10-19(17)25)21-12-29-24-30-13-22(32(24)31-21)18(11-26)14-5-7-20-15(9-14)3-2-8-28-20/h2-10,12-13,18H,1H3,(H,27,33). The predicted molar refractivity (Wildman–Crippen MR) is 126 cm³/mol. The molecule has 0 amide bonds. The monoisotopic (exact) mass is 453 g/mol. The molecule has 5 rings (SSSR count). The second-order valence-corrected chi connectivity index (χ2v) is 7.74. The van der Waals surface area contributed by atoms with Crippen LogP contribution in [0, 0.1) is 17.1 Å². The number of thiocarbonyl (C=S) groups is 1. The maximum absolute atomic E-state index is 14.6. The van der Waals surface area contributed by atoms with Crippen LogP contribution in [0.1, 0.15) is 22.7 Å². The third-order valence-corrected chi connectivity index (χ3v) is 5.80. The lowest BCUT2D eigenvalue weighted by Gasteiger charge is -2.11. The summed E-state index contributed by atoms with van der Waals surface area (Å²) in [6.07, 6.45) is 4.85. The maximum atomic E-state index is 14.6. The molecule has 0 saturated carbocycles. The molecule has 0 aliphatic carbocycles. The zero-order valence-corrected chi connectivity index (χ0v) is 18.2. The number of nitriles is 1. The predicted octanol–water partition coefficient (Wildman–Crippen LogP) is 4.03. The Kier molecular flexibility index (Phi) is 5.20. The topological polar surface area (TPSA) is 91.8 Å². The Morgan fingerprint density at radius 3 is 2.76 bits per heavy atom. The highest BCUT2D eigenvalue weighted by atomic mass is 32.1. The number of pyridine rings is 1. The van der Waals surface area contributed by atoms with Crippen LogP contribution in [0.4, 0.5) is 4.39 Å². The van der Waals surface area contributed by atoms with Gasteiger partial charge >= 0.3 is 0 Å². The van der Waals surface area contributed by atoms with Crippen molar-refractivity contribution in [3.05, 3.63) is 89.8 Å². The molecule has 0 fully saturated rings. The molecule has 5 aromatic rings. The van der Waals surface area contributed by atoms with Crippen molar-refractivity contribution in [3.63, 3.8) is 0 Å². The number of nitrogens with one attached hydrogen (secondary N) is 1. The Labute approximate surface area is 193 Å². The first-order valence-corrected chi connectivity index (χ1v) is 10.5. The molecule has 7 nitrogen and oxygen atoms in total. The van der Waals surface area contributed by atoms with Crippen LogP contribution in [0.2, 0.25) is 0 Å². The van der Waals surface area contributed by atoms with Gasteiger partial charge in [0, 0.05) is 29.8 Å². The quantitative estimate of drug-likeness (QED) is 0.411. The maximum Gasteiger partial charge on any atom is 0.250 e. The molecule has 1 atom stereocenters. The first-order chi connectivity index (χ1) is 16.1. The molecule has 0 radical (unpaired) electrons. The molecule has 0 saturated heterocycles. The summed E-state index contributed by atoms with van der Waals surface area (Å²) in [7, 11) is 1.65. The van der Waals surface area contributed by atoms with Crippen molar-refractivity contribution in [1.82, 2.24) is 29.9 Å². The van der Waals surface area contributed by atoms with Gasteiger partial charge in [0.15, 0.2) is 0 Å². The molecular formula is C24H16FN7S. The van der Waals surface area contributed by atoms with Gasteiger partial charge in [0.05, 0.1) is 29.7 Å². The van der Waals surface area contributed by atoms with E-state index in [0.717, 1.165) is 16.5 Å². The van der Waals surface area contributed by atoms with E-state index in [1.54, 1.807) is 31.6 Å². The Bertz CT molecular complexity index is 1570. The van der Waals surface area contributed by atoms with Crippen LogP contribution in [0.25, 0.3) is 27.9 Å². The summed E-state index contributed by atoms with van der Waals surface area (Å²) >= 11 is 5.13. The highest BCUT2D eigenvalue weighted by Gasteiger charge is 2.21. The van der Waals surface area contributed by atoms with Gasteiger partial charge in [-0.25, -0.2) is 14.4 Å². The minimum atomic E-state index is -0.624. The van der Waals surface area contributed by atoms with Gasteiger partial charge in [-0.2, -0.15) is 14.9 Å². The van der Waals surface area contributed by atoms with Crippen molar-refractivity contribution in [2.24, 2.45) is 0 Å². The first-order valence-electron chi connectivity index (χ1n) is 10.1. The fraction of sp³-hybridized carbons (Fsp3) is 0.0833. The third-order valence-electron chi connectivity index (χ3n) is 5.38. The summed E-state index contributed by atoms with van der Waals surface area (Å²) in [4.78, 5) is 13.3. The van der Waals surface area contributed by atoms with E-state index in [1.165, 1.54) is 16.8 Å². The minimum Gasteiger partial charge on any atom is -0.379 e. The number of imidazole rings is 1. The second-order valence-electron chi connectivity index (χ2n) is 7.33. The van der Waals surface area contributed by atoms with Gasteiger partial charge in [0.25, 0.3) is 5.78 Å². The van der Waals surface area contributed by atoms with Crippen LogP contribution in [-0.2, 0) is 0 Å². The van der Waals surface area contributed by atoms with Crippen LogP contribution < -0.4 is 5.32 Å². The van der Waals surface area contributed by atoms with Crippen molar-refractivity contribution in [2.45, 2.75) is 5.92 Å². The average Bonchev–Trinajstić information content (AvgIpc) is 3.27. The average molecular weight is 454 g/mol. The molecule has 3 aromatic heterocycles. The third kappa shape index (κ3) is 3.66. The van der Waals surface area contributed by atoms with E-state index in [-0.39, 0.29) is 0 Å². The molecule has 9 heteroatoms. The molecule has 33 heavy (non-hydrogen) atoms. The lowest BCUT2D eigenvalue weighted by Crippen LogP contribution is -2.17. The molecular weight excluding hydrogens is 437 g/mol. The van der Waals surface area contributed by atoms with Crippen molar-refractivity contribution < 1.29 is 4.39 Å². The lowest BCUT2D eigenvalue weighted by atomic mass is 9.96. The lowest BCUT2D eigenvalue weighted by molar-refractivity contribution is 0.625.